The quantitative estimate of drug-likeness (QED) is 0.659. The normalized spacial score (nSPS) is 13.3. The topological polar surface area (TPSA) is 0 Å². The summed E-state index contributed by atoms with van der Waals surface area (Å²) in [4.78, 5) is 0. The van der Waals surface area contributed by atoms with Gasteiger partial charge in [0.2, 0.25) is 0 Å². The molecule has 2 aromatic rings. The monoisotopic (exact) mass is 261 g/mol. The second-order valence-electron chi connectivity index (χ2n) is 5.83. The Morgan fingerprint density at radius 3 is 1.85 bits per heavy atom. The first-order chi connectivity index (χ1) is 9.52. The van der Waals surface area contributed by atoms with Crippen LogP contribution in [0.25, 0.3) is 5.57 Å². The zero-order valence-electron chi connectivity index (χ0n) is 13.0. The molecule has 0 atom stereocenters. The Bertz CT molecular complexity index is 701. The van der Waals surface area contributed by atoms with Crippen LogP contribution in [0.15, 0.2) is 30.3 Å². The van der Waals surface area contributed by atoms with Crippen LogP contribution in [-0.2, 0) is 0 Å². The molecule has 0 aromatic heterocycles. The predicted octanol–water partition coefficient (Wildman–Crippen LogP) is 5.23. The highest BCUT2D eigenvalue weighted by atomic mass is 14.2. The molecule has 1 radical (unpaired) electrons. The molecule has 0 heteroatoms. The molecule has 20 heavy (non-hydrogen) atoms. The van der Waals surface area contributed by atoms with Gasteiger partial charge in [0.1, 0.15) is 0 Å². The number of rotatable bonds is 1. The number of allylic oxidation sites excluding steroid dienone is 1. The second kappa shape index (κ2) is 4.63. The molecule has 0 N–H and O–H groups in total. The van der Waals surface area contributed by atoms with Crippen molar-refractivity contribution in [3.05, 3.63) is 81.3 Å². The van der Waals surface area contributed by atoms with E-state index < -0.39 is 0 Å². The molecule has 0 heterocycles. The molecular formula is C20H21. The van der Waals surface area contributed by atoms with Gasteiger partial charge in [-0.1, -0.05) is 30.3 Å². The Balaban J connectivity index is 2.28. The van der Waals surface area contributed by atoms with Crippen molar-refractivity contribution >= 4 is 5.57 Å². The lowest BCUT2D eigenvalue weighted by Crippen LogP contribution is -2.02. The fourth-order valence-electron chi connectivity index (χ4n) is 3.27. The fraction of sp³-hybridized carbons (Fsp3) is 0.250. The van der Waals surface area contributed by atoms with E-state index in [0.29, 0.717) is 0 Å². The summed E-state index contributed by atoms with van der Waals surface area (Å²) in [7, 11) is 0. The molecule has 0 unspecified atom stereocenters. The zero-order chi connectivity index (χ0) is 14.4. The molecule has 0 amide bonds. The maximum absolute atomic E-state index is 2.27. The third-order valence-electron chi connectivity index (χ3n) is 4.95. The van der Waals surface area contributed by atoms with Gasteiger partial charge in [-0.3, -0.25) is 0 Å². The SMILES string of the molecule is Cc1c(C)c(C)c(C2=C[CH]c3ccccc32)c(C)c1C. The third kappa shape index (κ3) is 1.75. The number of hydrogen-bond acceptors (Lipinski definition) is 0. The largest absolute Gasteiger partial charge is 0.0675 e. The van der Waals surface area contributed by atoms with Gasteiger partial charge in [0, 0.05) is 6.42 Å². The van der Waals surface area contributed by atoms with Crippen LogP contribution >= 0.6 is 0 Å². The first kappa shape index (κ1) is 13.2. The number of benzene rings is 2. The molecule has 0 saturated heterocycles. The van der Waals surface area contributed by atoms with Crippen molar-refractivity contribution in [1.82, 2.24) is 0 Å². The van der Waals surface area contributed by atoms with E-state index in [1.54, 1.807) is 0 Å². The van der Waals surface area contributed by atoms with Crippen LogP contribution < -0.4 is 0 Å². The van der Waals surface area contributed by atoms with Crippen LogP contribution in [0.3, 0.4) is 0 Å². The van der Waals surface area contributed by atoms with E-state index >= 15 is 0 Å². The van der Waals surface area contributed by atoms with Crippen LogP contribution in [0.4, 0.5) is 0 Å². The predicted molar refractivity (Wildman–Crippen MR) is 87.1 cm³/mol. The lowest BCUT2D eigenvalue weighted by Gasteiger charge is -2.20. The van der Waals surface area contributed by atoms with Crippen molar-refractivity contribution in [2.45, 2.75) is 34.6 Å². The maximum atomic E-state index is 2.27. The first-order valence-corrected chi connectivity index (χ1v) is 7.24. The highest BCUT2D eigenvalue weighted by Crippen LogP contribution is 2.39. The number of hydrogen-bond donors (Lipinski definition) is 0. The third-order valence-corrected chi connectivity index (χ3v) is 4.95. The lowest BCUT2D eigenvalue weighted by molar-refractivity contribution is 1.16. The molecule has 0 saturated carbocycles. The summed E-state index contributed by atoms with van der Waals surface area (Å²) < 4.78 is 0. The lowest BCUT2D eigenvalue weighted by atomic mass is 9.84. The summed E-state index contributed by atoms with van der Waals surface area (Å²) in [5.41, 5.74) is 12.6. The summed E-state index contributed by atoms with van der Waals surface area (Å²) in [6, 6.07) is 8.66. The standard InChI is InChI=1S/C20H21/c1-12-13(2)15(4)20(16(5)14(12)3)19-11-10-17-8-6-7-9-18(17)19/h6-11H,1-5H3. The van der Waals surface area contributed by atoms with E-state index in [9.17, 15) is 0 Å². The molecule has 2 aromatic carbocycles. The Kier molecular flexibility index (Phi) is 3.05. The molecule has 0 fully saturated rings. The Hall–Kier alpha value is -1.82. The molecule has 101 valence electrons. The average molecular weight is 261 g/mol. The van der Waals surface area contributed by atoms with Gasteiger partial charge in [-0.25, -0.2) is 0 Å². The van der Waals surface area contributed by atoms with Gasteiger partial charge in [0.25, 0.3) is 0 Å². The van der Waals surface area contributed by atoms with Gasteiger partial charge in [-0.2, -0.15) is 0 Å². The molecule has 0 bridgehead atoms. The van der Waals surface area contributed by atoms with Crippen LogP contribution in [0.5, 0.6) is 0 Å². The van der Waals surface area contributed by atoms with Crippen molar-refractivity contribution in [3.63, 3.8) is 0 Å². The zero-order valence-corrected chi connectivity index (χ0v) is 13.0. The Labute approximate surface area is 122 Å². The minimum atomic E-state index is 1.33. The van der Waals surface area contributed by atoms with Gasteiger partial charge in [-0.15, -0.1) is 0 Å². The molecule has 0 nitrogen and oxygen atoms in total. The van der Waals surface area contributed by atoms with Gasteiger partial charge in [-0.05, 0) is 84.7 Å². The van der Waals surface area contributed by atoms with Crippen molar-refractivity contribution < 1.29 is 0 Å². The van der Waals surface area contributed by atoms with E-state index in [2.05, 4.69) is 71.4 Å². The molecular weight excluding hydrogens is 240 g/mol. The van der Waals surface area contributed by atoms with E-state index in [4.69, 9.17) is 0 Å². The molecule has 1 aliphatic rings. The van der Waals surface area contributed by atoms with Crippen molar-refractivity contribution in [2.75, 3.05) is 0 Å². The Morgan fingerprint density at radius 2 is 1.20 bits per heavy atom. The summed E-state index contributed by atoms with van der Waals surface area (Å²) >= 11 is 0. The fourth-order valence-corrected chi connectivity index (χ4v) is 3.27. The van der Waals surface area contributed by atoms with E-state index in [0.717, 1.165) is 0 Å². The molecule has 1 aliphatic carbocycles. The average Bonchev–Trinajstić information content (AvgIpc) is 2.87. The first-order valence-electron chi connectivity index (χ1n) is 7.24. The van der Waals surface area contributed by atoms with Crippen molar-refractivity contribution in [3.8, 4) is 0 Å². The van der Waals surface area contributed by atoms with Crippen molar-refractivity contribution in [1.29, 1.82) is 0 Å². The van der Waals surface area contributed by atoms with Gasteiger partial charge >= 0.3 is 0 Å². The minimum Gasteiger partial charge on any atom is -0.0675 e. The van der Waals surface area contributed by atoms with Crippen molar-refractivity contribution in [2.24, 2.45) is 0 Å². The minimum absolute atomic E-state index is 1.33. The smallest absolute Gasteiger partial charge is 0.0138 e. The van der Waals surface area contributed by atoms with Crippen LogP contribution in [0.2, 0.25) is 0 Å². The van der Waals surface area contributed by atoms with E-state index in [1.807, 2.05) is 0 Å². The summed E-state index contributed by atoms with van der Waals surface area (Å²) in [6.45, 7) is 11.2. The maximum Gasteiger partial charge on any atom is 0.0138 e. The van der Waals surface area contributed by atoms with Crippen LogP contribution in [-0.4, -0.2) is 0 Å². The van der Waals surface area contributed by atoms with E-state index in [-0.39, 0.29) is 0 Å². The van der Waals surface area contributed by atoms with Crippen LogP contribution in [0, 0.1) is 41.0 Å². The van der Waals surface area contributed by atoms with E-state index in [1.165, 1.54) is 50.1 Å². The summed E-state index contributed by atoms with van der Waals surface area (Å²) in [6.07, 6.45) is 4.50. The van der Waals surface area contributed by atoms with Gasteiger partial charge in [0.15, 0.2) is 0 Å². The second-order valence-corrected chi connectivity index (χ2v) is 5.83. The summed E-state index contributed by atoms with van der Waals surface area (Å²) in [5, 5.41) is 0. The van der Waals surface area contributed by atoms with Crippen LogP contribution in [0.1, 0.15) is 44.5 Å². The number of fused-ring (bicyclic) bond motifs is 1. The van der Waals surface area contributed by atoms with Gasteiger partial charge in [0.05, 0.1) is 0 Å². The van der Waals surface area contributed by atoms with Gasteiger partial charge < -0.3 is 0 Å². The summed E-state index contributed by atoms with van der Waals surface area (Å²) in [5.74, 6) is 0. The molecule has 3 rings (SSSR count). The Morgan fingerprint density at radius 1 is 0.650 bits per heavy atom. The molecule has 0 aliphatic heterocycles. The molecule has 0 spiro atoms. The highest BCUT2D eigenvalue weighted by molar-refractivity contribution is 5.90. The highest BCUT2D eigenvalue weighted by Gasteiger charge is 2.21.